The standard InChI is InChI=1S/C12H19ClO2/c1-3-4-5-6-7-8-12(14)15-10-9-11(2)13/h9-10H,2-8H2,1H3. The van der Waals surface area contributed by atoms with Crippen molar-refractivity contribution in [3.63, 3.8) is 0 Å². The fourth-order valence-corrected chi connectivity index (χ4v) is 1.17. The number of rotatable bonds is 8. The summed E-state index contributed by atoms with van der Waals surface area (Å²) in [5, 5.41) is 0.353. The predicted molar refractivity (Wildman–Crippen MR) is 63.6 cm³/mol. The second-order valence-electron chi connectivity index (χ2n) is 3.40. The highest BCUT2D eigenvalue weighted by Gasteiger charge is 1.99. The minimum atomic E-state index is -0.208. The summed E-state index contributed by atoms with van der Waals surface area (Å²) in [6.45, 7) is 5.60. The molecule has 0 rings (SSSR count). The topological polar surface area (TPSA) is 26.3 Å². The minimum absolute atomic E-state index is 0.208. The van der Waals surface area contributed by atoms with Gasteiger partial charge in [0.25, 0.3) is 0 Å². The first-order chi connectivity index (χ1) is 7.16. The molecule has 0 atom stereocenters. The predicted octanol–water partition coefficient (Wildman–Crippen LogP) is 4.16. The molecule has 0 radical (unpaired) electrons. The largest absolute Gasteiger partial charge is 0.434 e. The second kappa shape index (κ2) is 9.78. The molecule has 0 saturated heterocycles. The van der Waals surface area contributed by atoms with Crippen molar-refractivity contribution in [2.45, 2.75) is 45.4 Å². The summed E-state index contributed by atoms with van der Waals surface area (Å²) in [7, 11) is 0. The highest BCUT2D eigenvalue weighted by molar-refractivity contribution is 6.30. The lowest BCUT2D eigenvalue weighted by molar-refractivity contribution is -0.138. The van der Waals surface area contributed by atoms with E-state index in [9.17, 15) is 4.79 Å². The number of hydrogen-bond donors (Lipinski definition) is 0. The molecule has 0 amide bonds. The minimum Gasteiger partial charge on any atom is -0.434 e. The summed E-state index contributed by atoms with van der Waals surface area (Å²) in [4.78, 5) is 11.1. The van der Waals surface area contributed by atoms with Gasteiger partial charge >= 0.3 is 5.97 Å². The van der Waals surface area contributed by atoms with Gasteiger partial charge < -0.3 is 4.74 Å². The van der Waals surface area contributed by atoms with Gasteiger partial charge in [0.05, 0.1) is 6.26 Å². The van der Waals surface area contributed by atoms with E-state index in [1.165, 1.54) is 31.6 Å². The number of carbonyl (C=O) groups excluding carboxylic acids is 1. The molecule has 0 unspecified atom stereocenters. The van der Waals surface area contributed by atoms with E-state index in [-0.39, 0.29) is 5.97 Å². The van der Waals surface area contributed by atoms with Crippen molar-refractivity contribution in [1.29, 1.82) is 0 Å². The fourth-order valence-electron chi connectivity index (χ4n) is 1.12. The molecule has 0 heterocycles. The highest BCUT2D eigenvalue weighted by atomic mass is 35.5. The van der Waals surface area contributed by atoms with Crippen LogP contribution in [0, 0.1) is 0 Å². The van der Waals surface area contributed by atoms with Crippen LogP contribution in [0.25, 0.3) is 0 Å². The van der Waals surface area contributed by atoms with E-state index in [1.807, 2.05) is 0 Å². The molecule has 86 valence electrons. The zero-order chi connectivity index (χ0) is 11.5. The Bertz CT molecular complexity index is 222. The molecule has 0 aliphatic heterocycles. The Morgan fingerprint density at radius 3 is 2.60 bits per heavy atom. The Morgan fingerprint density at radius 2 is 2.00 bits per heavy atom. The van der Waals surface area contributed by atoms with Gasteiger partial charge in [-0.15, -0.1) is 0 Å². The number of esters is 1. The molecule has 0 fully saturated rings. The fraction of sp³-hybridized carbons (Fsp3) is 0.583. The number of allylic oxidation sites excluding steroid dienone is 2. The monoisotopic (exact) mass is 230 g/mol. The number of halogens is 1. The molecule has 0 N–H and O–H groups in total. The maximum absolute atomic E-state index is 11.1. The van der Waals surface area contributed by atoms with Crippen LogP contribution in [0.4, 0.5) is 0 Å². The summed E-state index contributed by atoms with van der Waals surface area (Å²) in [6.07, 6.45) is 8.84. The molecule has 15 heavy (non-hydrogen) atoms. The van der Waals surface area contributed by atoms with Crippen molar-refractivity contribution in [1.82, 2.24) is 0 Å². The molecule has 0 spiro atoms. The lowest BCUT2D eigenvalue weighted by Gasteiger charge is -1.99. The maximum atomic E-state index is 11.1. The average Bonchev–Trinajstić information content (AvgIpc) is 2.17. The van der Waals surface area contributed by atoms with Crippen LogP contribution in [0.2, 0.25) is 0 Å². The van der Waals surface area contributed by atoms with E-state index >= 15 is 0 Å². The van der Waals surface area contributed by atoms with Crippen LogP contribution in [-0.2, 0) is 9.53 Å². The average molecular weight is 231 g/mol. The van der Waals surface area contributed by atoms with Crippen molar-refractivity contribution >= 4 is 17.6 Å². The summed E-state index contributed by atoms with van der Waals surface area (Å²) in [6, 6.07) is 0. The van der Waals surface area contributed by atoms with Crippen molar-refractivity contribution < 1.29 is 9.53 Å². The summed E-state index contributed by atoms with van der Waals surface area (Å²) < 4.78 is 4.79. The maximum Gasteiger partial charge on any atom is 0.310 e. The molecule has 2 nitrogen and oxygen atoms in total. The Balaban J connectivity index is 3.37. The molecule has 3 heteroatoms. The molecular formula is C12H19ClO2. The van der Waals surface area contributed by atoms with Crippen LogP contribution < -0.4 is 0 Å². The van der Waals surface area contributed by atoms with Crippen molar-refractivity contribution in [2.75, 3.05) is 0 Å². The SMILES string of the molecule is C=C(Cl)C=COC(=O)CCCCCCC. The van der Waals surface area contributed by atoms with Crippen molar-refractivity contribution in [2.24, 2.45) is 0 Å². The van der Waals surface area contributed by atoms with Gasteiger partial charge in [-0.1, -0.05) is 50.8 Å². The zero-order valence-corrected chi connectivity index (χ0v) is 10.1. The summed E-state index contributed by atoms with van der Waals surface area (Å²) >= 11 is 5.45. The molecule has 0 aromatic carbocycles. The van der Waals surface area contributed by atoms with E-state index in [0.717, 1.165) is 12.8 Å². The van der Waals surface area contributed by atoms with Crippen LogP contribution >= 0.6 is 11.6 Å². The Hall–Kier alpha value is -0.760. The molecule has 0 saturated carbocycles. The third-order valence-electron chi connectivity index (χ3n) is 1.93. The first-order valence-electron chi connectivity index (χ1n) is 5.37. The lowest BCUT2D eigenvalue weighted by atomic mass is 10.1. The van der Waals surface area contributed by atoms with Crippen LogP contribution in [0.15, 0.2) is 23.9 Å². The van der Waals surface area contributed by atoms with Gasteiger partial charge in [-0.3, -0.25) is 4.79 Å². The lowest BCUT2D eigenvalue weighted by Crippen LogP contribution is -1.98. The van der Waals surface area contributed by atoms with E-state index in [0.29, 0.717) is 11.5 Å². The molecule has 0 aromatic heterocycles. The number of unbranched alkanes of at least 4 members (excludes halogenated alkanes) is 4. The van der Waals surface area contributed by atoms with Crippen molar-refractivity contribution in [3.05, 3.63) is 23.9 Å². The van der Waals surface area contributed by atoms with Gasteiger partial charge in [-0.25, -0.2) is 0 Å². The molecular weight excluding hydrogens is 212 g/mol. The van der Waals surface area contributed by atoms with Crippen LogP contribution in [0.5, 0.6) is 0 Å². The Morgan fingerprint density at radius 1 is 1.33 bits per heavy atom. The van der Waals surface area contributed by atoms with Gasteiger partial charge in [0.2, 0.25) is 0 Å². The quantitative estimate of drug-likeness (QED) is 0.271. The third kappa shape index (κ3) is 11.2. The number of hydrogen-bond acceptors (Lipinski definition) is 2. The normalized spacial score (nSPS) is 10.5. The van der Waals surface area contributed by atoms with E-state index in [2.05, 4.69) is 13.5 Å². The molecule has 0 bridgehead atoms. The first-order valence-corrected chi connectivity index (χ1v) is 5.75. The van der Waals surface area contributed by atoms with E-state index in [4.69, 9.17) is 16.3 Å². The molecule has 0 aliphatic carbocycles. The van der Waals surface area contributed by atoms with Gasteiger partial charge in [-0.2, -0.15) is 0 Å². The summed E-state index contributed by atoms with van der Waals surface area (Å²) in [5.74, 6) is -0.208. The van der Waals surface area contributed by atoms with Crippen LogP contribution in [0.1, 0.15) is 45.4 Å². The van der Waals surface area contributed by atoms with E-state index < -0.39 is 0 Å². The van der Waals surface area contributed by atoms with Gasteiger partial charge in [0.15, 0.2) is 0 Å². The third-order valence-corrected chi connectivity index (χ3v) is 2.06. The second-order valence-corrected chi connectivity index (χ2v) is 3.89. The van der Waals surface area contributed by atoms with E-state index in [1.54, 1.807) is 0 Å². The first kappa shape index (κ1) is 14.2. The molecule has 0 aromatic rings. The Labute approximate surface area is 97.0 Å². The van der Waals surface area contributed by atoms with Gasteiger partial charge in [0.1, 0.15) is 0 Å². The molecule has 0 aliphatic rings. The van der Waals surface area contributed by atoms with Crippen LogP contribution in [-0.4, -0.2) is 5.97 Å². The van der Waals surface area contributed by atoms with Gasteiger partial charge in [0, 0.05) is 11.5 Å². The summed E-state index contributed by atoms with van der Waals surface area (Å²) in [5.41, 5.74) is 0. The van der Waals surface area contributed by atoms with Gasteiger partial charge in [-0.05, 0) is 12.5 Å². The smallest absolute Gasteiger partial charge is 0.310 e. The zero-order valence-electron chi connectivity index (χ0n) is 9.30. The van der Waals surface area contributed by atoms with Crippen LogP contribution in [0.3, 0.4) is 0 Å². The number of ether oxygens (including phenoxy) is 1. The van der Waals surface area contributed by atoms with Crippen molar-refractivity contribution in [3.8, 4) is 0 Å². The number of carbonyl (C=O) groups is 1. The Kier molecular flexibility index (Phi) is 9.29. The highest BCUT2D eigenvalue weighted by Crippen LogP contribution is 2.06.